The fourth-order valence-electron chi connectivity index (χ4n) is 6.96. The molecule has 2 saturated carbocycles. The second kappa shape index (κ2) is 7.05. The first kappa shape index (κ1) is 20.5. The maximum absolute atomic E-state index is 13.6. The number of nitrogens with zero attached hydrogens (tertiary/aromatic N) is 1. The van der Waals surface area contributed by atoms with Crippen LogP contribution in [0, 0.1) is 35.4 Å². The third-order valence-corrected chi connectivity index (χ3v) is 10.7. The number of rotatable bonds is 2. The van der Waals surface area contributed by atoms with Crippen LogP contribution in [0.3, 0.4) is 0 Å². The average Bonchev–Trinajstić information content (AvgIpc) is 3.54. The normalized spacial score (nSPS) is 33.2. The van der Waals surface area contributed by atoms with Gasteiger partial charge < -0.3 is 10.1 Å². The van der Waals surface area contributed by atoms with Crippen LogP contribution in [0.2, 0.25) is 0 Å². The molecule has 3 heterocycles. The van der Waals surface area contributed by atoms with Crippen molar-refractivity contribution in [3.05, 3.63) is 74.5 Å². The number of phenolic OH excluding ortho intramolecular Hbond substituents is 1. The highest BCUT2D eigenvalue weighted by molar-refractivity contribution is 8.00. The molecule has 2 aliphatic heterocycles. The predicted molar refractivity (Wildman–Crippen MR) is 125 cm³/mol. The van der Waals surface area contributed by atoms with Gasteiger partial charge in [0.1, 0.15) is 11.6 Å². The summed E-state index contributed by atoms with van der Waals surface area (Å²) in [6, 6.07) is 12.6. The maximum Gasteiger partial charge on any atom is 0.305 e. The summed E-state index contributed by atoms with van der Waals surface area (Å²) < 4.78 is 13.5. The molecule has 2 amide bonds. The summed E-state index contributed by atoms with van der Waals surface area (Å²) in [5.74, 6) is -1.76. The van der Waals surface area contributed by atoms with E-state index < -0.39 is 17.7 Å². The second-order valence-corrected chi connectivity index (χ2v) is 11.7. The Labute approximate surface area is 201 Å². The monoisotopic (exact) mass is 494 g/mol. The standard InChI is InChI=1S/C25H19FN2O4S2/c26-10-5-7-11(8-6-10)28-23(30)18-13-9-14(19(18)24(28)31)20-17(13)16(12-3-1-2-4-15(12)29)21-22(33-20)27-25(32)34-21/h1-8,13-14,16-20,29H,9H2,(H,27,32)/t13-,14-,16-,17-,18+,19-,20+/m1/s1. The molecule has 34 heavy (non-hydrogen) atoms. The molecule has 0 unspecified atom stereocenters. The van der Waals surface area contributed by atoms with E-state index in [1.54, 1.807) is 23.9 Å². The minimum atomic E-state index is -0.435. The van der Waals surface area contributed by atoms with E-state index in [-0.39, 0.29) is 51.4 Å². The number of aromatic hydroxyl groups is 1. The van der Waals surface area contributed by atoms with Crippen LogP contribution in [0.25, 0.3) is 0 Å². The lowest BCUT2D eigenvalue weighted by atomic mass is 9.68. The van der Waals surface area contributed by atoms with Gasteiger partial charge in [-0.25, -0.2) is 4.39 Å². The van der Waals surface area contributed by atoms with Gasteiger partial charge in [-0.05, 0) is 54.5 Å². The molecule has 2 bridgehead atoms. The smallest absolute Gasteiger partial charge is 0.305 e. The lowest BCUT2D eigenvalue weighted by molar-refractivity contribution is -0.123. The number of H-pyrrole nitrogens is 1. The van der Waals surface area contributed by atoms with Gasteiger partial charge in [0, 0.05) is 21.6 Å². The molecule has 7 rings (SSSR count). The number of hydrogen-bond donors (Lipinski definition) is 2. The van der Waals surface area contributed by atoms with Crippen LogP contribution in [-0.4, -0.2) is 27.2 Å². The molecule has 172 valence electrons. The molecule has 7 atom stereocenters. The van der Waals surface area contributed by atoms with Gasteiger partial charge in [-0.3, -0.25) is 19.3 Å². The number of imide groups is 1. The van der Waals surface area contributed by atoms with Gasteiger partial charge in [0.15, 0.2) is 0 Å². The Morgan fingerprint density at radius 3 is 2.41 bits per heavy atom. The van der Waals surface area contributed by atoms with Gasteiger partial charge in [-0.1, -0.05) is 29.5 Å². The number of anilines is 1. The first-order valence-electron chi connectivity index (χ1n) is 11.2. The van der Waals surface area contributed by atoms with Crippen molar-refractivity contribution in [2.75, 3.05) is 4.90 Å². The van der Waals surface area contributed by atoms with E-state index in [0.717, 1.165) is 33.2 Å². The zero-order chi connectivity index (χ0) is 23.3. The number of hydrogen-bond acceptors (Lipinski definition) is 6. The highest BCUT2D eigenvalue weighted by atomic mass is 32.2. The number of para-hydroxylation sites is 1. The number of nitrogens with one attached hydrogen (secondary N) is 1. The molecule has 1 aromatic heterocycles. The quantitative estimate of drug-likeness (QED) is 0.527. The zero-order valence-electron chi connectivity index (χ0n) is 17.7. The molecular weight excluding hydrogens is 475 g/mol. The number of carbonyl (C=O) groups excluding carboxylic acids is 2. The van der Waals surface area contributed by atoms with Crippen molar-refractivity contribution in [3.63, 3.8) is 0 Å². The second-order valence-electron chi connectivity index (χ2n) is 9.51. The third-order valence-electron chi connectivity index (χ3n) is 8.08. The van der Waals surface area contributed by atoms with E-state index in [2.05, 4.69) is 4.98 Å². The molecule has 4 aliphatic rings. The minimum absolute atomic E-state index is 0.00296. The number of benzene rings is 2. The number of halogens is 1. The number of phenols is 1. The Hall–Kier alpha value is -2.91. The summed E-state index contributed by atoms with van der Waals surface area (Å²) in [5.41, 5.74) is 1.16. The molecule has 2 N–H and O–H groups in total. The Morgan fingerprint density at radius 2 is 1.68 bits per heavy atom. The fourth-order valence-corrected chi connectivity index (χ4v) is 9.84. The van der Waals surface area contributed by atoms with Crippen molar-refractivity contribution >= 4 is 40.6 Å². The highest BCUT2D eigenvalue weighted by Crippen LogP contribution is 2.69. The largest absolute Gasteiger partial charge is 0.508 e. The van der Waals surface area contributed by atoms with Gasteiger partial charge in [0.05, 0.1) is 22.5 Å². The van der Waals surface area contributed by atoms with Gasteiger partial charge in [-0.15, -0.1) is 11.8 Å². The lowest BCUT2D eigenvalue weighted by Gasteiger charge is -2.43. The molecule has 9 heteroatoms. The molecular formula is C25H19FN2O4S2. The van der Waals surface area contributed by atoms with E-state index in [0.29, 0.717) is 5.69 Å². The molecule has 2 aliphatic carbocycles. The summed E-state index contributed by atoms with van der Waals surface area (Å²) in [7, 11) is 0. The summed E-state index contributed by atoms with van der Waals surface area (Å²) >= 11 is 2.77. The van der Waals surface area contributed by atoms with Crippen LogP contribution >= 0.6 is 23.1 Å². The first-order chi connectivity index (χ1) is 16.4. The highest BCUT2D eigenvalue weighted by Gasteiger charge is 2.69. The number of fused-ring (bicyclic) bond motifs is 9. The lowest BCUT2D eigenvalue weighted by Crippen LogP contribution is -2.42. The number of aromatic nitrogens is 1. The summed E-state index contributed by atoms with van der Waals surface area (Å²) in [6.45, 7) is 0. The topological polar surface area (TPSA) is 90.5 Å². The van der Waals surface area contributed by atoms with Crippen molar-refractivity contribution in [1.82, 2.24) is 4.98 Å². The van der Waals surface area contributed by atoms with Crippen LogP contribution in [0.4, 0.5) is 10.1 Å². The first-order valence-corrected chi connectivity index (χ1v) is 12.9. The molecule has 1 saturated heterocycles. The third kappa shape index (κ3) is 2.59. The molecule has 2 aromatic carbocycles. The molecule has 3 aromatic rings. The van der Waals surface area contributed by atoms with Crippen LogP contribution in [0.15, 0.2) is 58.4 Å². The number of amides is 2. The van der Waals surface area contributed by atoms with Crippen LogP contribution in [0.1, 0.15) is 22.8 Å². The Bertz CT molecular complexity index is 1420. The van der Waals surface area contributed by atoms with Gasteiger partial charge in [-0.2, -0.15) is 0 Å². The van der Waals surface area contributed by atoms with Crippen molar-refractivity contribution in [1.29, 1.82) is 0 Å². The van der Waals surface area contributed by atoms with E-state index in [4.69, 9.17) is 0 Å². The van der Waals surface area contributed by atoms with Crippen LogP contribution in [0.5, 0.6) is 5.75 Å². The SMILES string of the molecule is O=C1[C@@H]2[C@H]3C[C@@H]([C@@H]2C(=O)N1c1ccc(F)cc1)[C@@H]1[C@@H](c2ccccc2O)c2sc(=O)[nH]c2S[C@@H]31. The summed E-state index contributed by atoms with van der Waals surface area (Å²) in [4.78, 5) is 44.4. The van der Waals surface area contributed by atoms with Crippen molar-refractivity contribution in [3.8, 4) is 5.75 Å². The molecule has 3 fully saturated rings. The minimum Gasteiger partial charge on any atom is -0.508 e. The Morgan fingerprint density at radius 1 is 0.971 bits per heavy atom. The van der Waals surface area contributed by atoms with Crippen LogP contribution < -0.4 is 9.77 Å². The number of thioether (sulfide) groups is 1. The Balaban J connectivity index is 1.34. The molecule has 0 spiro atoms. The van der Waals surface area contributed by atoms with Gasteiger partial charge in [0.2, 0.25) is 11.8 Å². The van der Waals surface area contributed by atoms with E-state index in [1.807, 2.05) is 12.1 Å². The van der Waals surface area contributed by atoms with Gasteiger partial charge >= 0.3 is 4.87 Å². The van der Waals surface area contributed by atoms with Crippen LogP contribution in [-0.2, 0) is 9.59 Å². The number of aromatic amines is 1. The van der Waals surface area contributed by atoms with Crippen molar-refractivity contribution in [2.45, 2.75) is 22.6 Å². The van der Waals surface area contributed by atoms with E-state index in [9.17, 15) is 23.9 Å². The average molecular weight is 495 g/mol. The van der Waals surface area contributed by atoms with E-state index >= 15 is 0 Å². The van der Waals surface area contributed by atoms with Crippen molar-refractivity contribution in [2.24, 2.45) is 29.6 Å². The van der Waals surface area contributed by atoms with E-state index in [1.165, 1.54) is 29.2 Å². The fraction of sp³-hybridized carbons (Fsp3) is 0.320. The van der Waals surface area contributed by atoms with Gasteiger partial charge in [0.25, 0.3) is 0 Å². The number of carbonyl (C=O) groups is 2. The molecule has 0 radical (unpaired) electrons. The molecule has 6 nitrogen and oxygen atoms in total. The summed E-state index contributed by atoms with van der Waals surface area (Å²) in [6.07, 6.45) is 0.773. The predicted octanol–water partition coefficient (Wildman–Crippen LogP) is 3.96. The maximum atomic E-state index is 13.6. The van der Waals surface area contributed by atoms with Crippen molar-refractivity contribution < 1.29 is 19.1 Å². The zero-order valence-corrected chi connectivity index (χ0v) is 19.3. The summed E-state index contributed by atoms with van der Waals surface area (Å²) in [5, 5.41) is 11.6. The number of thiazole rings is 1. The Kier molecular flexibility index (Phi) is 4.24.